The highest BCUT2D eigenvalue weighted by Gasteiger charge is 2.40. The summed E-state index contributed by atoms with van der Waals surface area (Å²) in [6.45, 7) is 13.3. The van der Waals surface area contributed by atoms with Crippen LogP contribution in [0.3, 0.4) is 0 Å². The lowest BCUT2D eigenvalue weighted by Gasteiger charge is -2.42. The molecule has 222 valence electrons. The van der Waals surface area contributed by atoms with Crippen molar-refractivity contribution in [1.82, 2.24) is 10.2 Å². The van der Waals surface area contributed by atoms with Crippen LogP contribution in [0.2, 0.25) is 0 Å². The van der Waals surface area contributed by atoms with Gasteiger partial charge in [-0.1, -0.05) is 30.3 Å². The first-order valence-electron chi connectivity index (χ1n) is 14.7. The number of ether oxygens (including phenoxy) is 2. The Bertz CT molecular complexity index is 1190. The Morgan fingerprint density at radius 3 is 2.02 bits per heavy atom. The molecule has 0 aromatic heterocycles. The van der Waals surface area contributed by atoms with Gasteiger partial charge >= 0.3 is 12.1 Å². The van der Waals surface area contributed by atoms with Crippen LogP contribution in [0, 0.1) is 11.8 Å². The maximum absolute atomic E-state index is 13.5. The Hall–Kier alpha value is -3.39. The van der Waals surface area contributed by atoms with Crippen LogP contribution < -0.4 is 10.6 Å². The van der Waals surface area contributed by atoms with Crippen molar-refractivity contribution in [3.8, 4) is 0 Å². The fraction of sp³-hybridized carbons (Fsp3) is 0.545. The Labute approximate surface area is 244 Å². The summed E-state index contributed by atoms with van der Waals surface area (Å²) in [5.41, 5.74) is 1.14. The number of esters is 1. The molecule has 0 spiro atoms. The normalized spacial score (nSPS) is 22.1. The van der Waals surface area contributed by atoms with Crippen molar-refractivity contribution in [3.63, 3.8) is 0 Å². The number of carbonyl (C=O) groups is 3. The second-order valence-corrected chi connectivity index (χ2v) is 13.3. The predicted octanol–water partition coefficient (Wildman–Crippen LogP) is 5.99. The van der Waals surface area contributed by atoms with Gasteiger partial charge in [0.1, 0.15) is 11.2 Å². The lowest BCUT2D eigenvalue weighted by molar-refractivity contribution is -0.119. The van der Waals surface area contributed by atoms with Gasteiger partial charge in [-0.15, -0.1) is 0 Å². The molecule has 2 N–H and O–H groups in total. The number of hydrogen-bond donors (Lipinski definition) is 2. The van der Waals surface area contributed by atoms with E-state index in [0.29, 0.717) is 36.2 Å². The van der Waals surface area contributed by atoms with Crippen molar-refractivity contribution in [2.45, 2.75) is 84.0 Å². The lowest BCUT2D eigenvalue weighted by Crippen LogP contribution is -2.53. The summed E-state index contributed by atoms with van der Waals surface area (Å²) in [6.07, 6.45) is 2.50. The molecule has 2 saturated heterocycles. The molecule has 0 aliphatic carbocycles. The summed E-state index contributed by atoms with van der Waals surface area (Å²) in [7, 11) is 0. The number of nitrogens with zero attached hydrogens (tertiary/aromatic N) is 1. The minimum absolute atomic E-state index is 0.0138. The lowest BCUT2D eigenvalue weighted by atomic mass is 9.72. The Kier molecular flexibility index (Phi) is 9.42. The summed E-state index contributed by atoms with van der Waals surface area (Å²) >= 11 is 0. The topological polar surface area (TPSA) is 97.0 Å². The molecule has 2 fully saturated rings. The van der Waals surface area contributed by atoms with Gasteiger partial charge in [0.25, 0.3) is 0 Å². The fourth-order valence-electron chi connectivity index (χ4n) is 5.76. The number of carbonyl (C=O) groups excluding carboxylic acids is 3. The fourth-order valence-corrected chi connectivity index (χ4v) is 5.76. The Morgan fingerprint density at radius 2 is 1.44 bits per heavy atom. The van der Waals surface area contributed by atoms with E-state index in [2.05, 4.69) is 22.8 Å². The smallest absolute Gasteiger partial charge is 0.410 e. The van der Waals surface area contributed by atoms with Crippen molar-refractivity contribution < 1.29 is 23.9 Å². The number of piperidine rings is 2. The molecule has 2 aliphatic rings. The molecule has 2 aromatic carbocycles. The molecule has 0 saturated carbocycles. The first-order chi connectivity index (χ1) is 19.3. The van der Waals surface area contributed by atoms with Gasteiger partial charge < -0.3 is 25.0 Å². The quantitative estimate of drug-likeness (QED) is 0.434. The highest BCUT2D eigenvalue weighted by atomic mass is 16.6. The average molecular weight is 564 g/mol. The number of rotatable bonds is 5. The van der Waals surface area contributed by atoms with Crippen molar-refractivity contribution in [3.05, 3.63) is 65.7 Å². The number of amides is 2. The van der Waals surface area contributed by atoms with Gasteiger partial charge in [0.15, 0.2) is 0 Å². The van der Waals surface area contributed by atoms with E-state index in [1.165, 1.54) is 0 Å². The van der Waals surface area contributed by atoms with Gasteiger partial charge in [0.2, 0.25) is 5.91 Å². The summed E-state index contributed by atoms with van der Waals surface area (Å²) in [6, 6.07) is 16.6. The average Bonchev–Trinajstić information content (AvgIpc) is 2.92. The maximum Gasteiger partial charge on any atom is 0.410 e. The predicted molar refractivity (Wildman–Crippen MR) is 160 cm³/mol. The van der Waals surface area contributed by atoms with Gasteiger partial charge in [-0.2, -0.15) is 0 Å². The summed E-state index contributed by atoms with van der Waals surface area (Å²) in [4.78, 5) is 40.3. The minimum Gasteiger partial charge on any atom is -0.456 e. The zero-order chi connectivity index (χ0) is 29.8. The van der Waals surface area contributed by atoms with Gasteiger partial charge in [-0.25, -0.2) is 9.59 Å². The van der Waals surface area contributed by atoms with E-state index in [4.69, 9.17) is 9.47 Å². The summed E-state index contributed by atoms with van der Waals surface area (Å²) < 4.78 is 11.0. The molecule has 4 rings (SSSR count). The standard InChI is InChI=1S/C33H45N3O5/c1-32(2,3)40-30(38)24-12-14-26(15-13-24)35-29(37)28-27(23-10-8-7-9-11-23)20-25(21-34-28)22-16-18-36(19-17-22)31(39)41-33(4,5)6/h7-15,22,25,27-28,34H,16-21H2,1-6H3,(H,35,37). The molecular weight excluding hydrogens is 518 g/mol. The second-order valence-electron chi connectivity index (χ2n) is 13.3. The molecule has 8 nitrogen and oxygen atoms in total. The van der Waals surface area contributed by atoms with Crippen LogP contribution in [-0.4, -0.2) is 59.7 Å². The molecule has 3 atom stereocenters. The van der Waals surface area contributed by atoms with Crippen molar-refractivity contribution in [1.29, 1.82) is 0 Å². The van der Waals surface area contributed by atoms with Gasteiger partial charge in [0, 0.05) is 24.7 Å². The van der Waals surface area contributed by atoms with E-state index < -0.39 is 17.2 Å². The number of benzene rings is 2. The Balaban J connectivity index is 1.40. The monoisotopic (exact) mass is 563 g/mol. The van der Waals surface area contributed by atoms with Crippen LogP contribution >= 0.6 is 0 Å². The van der Waals surface area contributed by atoms with Crippen LogP contribution in [0.25, 0.3) is 0 Å². The molecule has 2 amide bonds. The maximum atomic E-state index is 13.5. The third kappa shape index (κ3) is 8.55. The molecule has 8 heteroatoms. The zero-order valence-corrected chi connectivity index (χ0v) is 25.2. The molecule has 2 aromatic rings. The zero-order valence-electron chi connectivity index (χ0n) is 25.2. The van der Waals surface area contributed by atoms with Crippen LogP contribution in [0.1, 0.15) is 82.6 Å². The second kappa shape index (κ2) is 12.6. The van der Waals surface area contributed by atoms with E-state index in [1.807, 2.05) is 64.6 Å². The minimum atomic E-state index is -0.573. The SMILES string of the molecule is CC(C)(C)OC(=O)c1ccc(NC(=O)C2NCC(C3CCN(C(=O)OC(C)(C)C)CC3)CC2c2ccccc2)cc1. The number of nitrogens with one attached hydrogen (secondary N) is 2. The van der Waals surface area contributed by atoms with Gasteiger partial charge in [-0.3, -0.25) is 4.79 Å². The number of anilines is 1. The number of hydrogen-bond acceptors (Lipinski definition) is 6. The van der Waals surface area contributed by atoms with Crippen LogP contribution in [0.15, 0.2) is 54.6 Å². The van der Waals surface area contributed by atoms with Crippen LogP contribution in [-0.2, 0) is 14.3 Å². The van der Waals surface area contributed by atoms with Crippen molar-refractivity contribution in [2.24, 2.45) is 11.8 Å². The van der Waals surface area contributed by atoms with E-state index in [-0.39, 0.29) is 24.0 Å². The van der Waals surface area contributed by atoms with E-state index in [0.717, 1.165) is 31.4 Å². The highest BCUT2D eigenvalue weighted by molar-refractivity contribution is 5.96. The van der Waals surface area contributed by atoms with Gasteiger partial charge in [-0.05, 0) is 109 Å². The van der Waals surface area contributed by atoms with Crippen LogP contribution in [0.4, 0.5) is 10.5 Å². The third-order valence-corrected chi connectivity index (χ3v) is 7.71. The van der Waals surface area contributed by atoms with Crippen LogP contribution in [0.5, 0.6) is 0 Å². The Morgan fingerprint density at radius 1 is 0.829 bits per heavy atom. The largest absolute Gasteiger partial charge is 0.456 e. The molecule has 0 radical (unpaired) electrons. The van der Waals surface area contributed by atoms with E-state index in [1.54, 1.807) is 24.3 Å². The van der Waals surface area contributed by atoms with Crippen molar-refractivity contribution in [2.75, 3.05) is 25.0 Å². The summed E-state index contributed by atoms with van der Waals surface area (Å²) in [5, 5.41) is 6.61. The molecular formula is C33H45N3O5. The molecule has 2 heterocycles. The molecule has 0 bridgehead atoms. The summed E-state index contributed by atoms with van der Waals surface area (Å²) in [5.74, 6) is 0.397. The molecule has 41 heavy (non-hydrogen) atoms. The molecule has 3 unspecified atom stereocenters. The highest BCUT2D eigenvalue weighted by Crippen LogP contribution is 2.38. The van der Waals surface area contributed by atoms with Crippen molar-refractivity contribution >= 4 is 23.7 Å². The van der Waals surface area contributed by atoms with E-state index >= 15 is 0 Å². The first kappa shape index (κ1) is 30.6. The molecule has 2 aliphatic heterocycles. The number of likely N-dealkylation sites (tertiary alicyclic amines) is 1. The van der Waals surface area contributed by atoms with E-state index in [9.17, 15) is 14.4 Å². The first-order valence-corrected chi connectivity index (χ1v) is 14.7. The van der Waals surface area contributed by atoms with Gasteiger partial charge in [0.05, 0.1) is 11.6 Å². The third-order valence-electron chi connectivity index (χ3n) is 7.71.